The van der Waals surface area contributed by atoms with Gasteiger partial charge in [0.1, 0.15) is 0 Å². The number of hydrogen-bond acceptors (Lipinski definition) is 4. The van der Waals surface area contributed by atoms with E-state index in [1.165, 1.54) is 0 Å². The highest BCUT2D eigenvalue weighted by atomic mass is 16.5. The van der Waals surface area contributed by atoms with Crippen molar-refractivity contribution < 1.29 is 9.53 Å². The number of pyridine rings is 1. The summed E-state index contributed by atoms with van der Waals surface area (Å²) in [7, 11) is 0. The van der Waals surface area contributed by atoms with E-state index >= 15 is 0 Å². The van der Waals surface area contributed by atoms with Gasteiger partial charge < -0.3 is 15.0 Å². The van der Waals surface area contributed by atoms with Crippen molar-refractivity contribution >= 4 is 5.91 Å². The molecule has 3 heterocycles. The summed E-state index contributed by atoms with van der Waals surface area (Å²) in [6.07, 6.45) is 9.15. The lowest BCUT2D eigenvalue weighted by Gasteiger charge is -2.36. The fourth-order valence-corrected chi connectivity index (χ4v) is 4.84. The van der Waals surface area contributed by atoms with Gasteiger partial charge in [-0.15, -0.1) is 0 Å². The molecule has 1 N–H and O–H groups in total. The highest BCUT2D eigenvalue weighted by Gasteiger charge is 2.68. The van der Waals surface area contributed by atoms with Crippen LogP contribution in [0.3, 0.4) is 0 Å². The monoisotopic (exact) mass is 343 g/mol. The Balaban J connectivity index is 1.27. The van der Waals surface area contributed by atoms with Gasteiger partial charge in [-0.1, -0.05) is 13.0 Å². The number of nitrogens with one attached hydrogen (secondary N) is 1. The van der Waals surface area contributed by atoms with Gasteiger partial charge in [-0.3, -0.25) is 9.78 Å². The lowest BCUT2D eigenvalue weighted by molar-refractivity contribution is -0.141. The molecule has 136 valence electrons. The molecule has 1 atom stereocenters. The van der Waals surface area contributed by atoms with Crippen LogP contribution >= 0.6 is 0 Å². The smallest absolute Gasteiger partial charge is 0.229 e. The molecular formula is C20H29N3O2. The molecule has 2 saturated heterocycles. The lowest BCUT2D eigenvalue weighted by Crippen LogP contribution is -2.46. The molecular weight excluding hydrogens is 314 g/mol. The zero-order valence-electron chi connectivity index (χ0n) is 15.2. The summed E-state index contributed by atoms with van der Waals surface area (Å²) in [5, 5.41) is 3.42. The summed E-state index contributed by atoms with van der Waals surface area (Å²) in [4.78, 5) is 19.3. The molecule has 1 aromatic heterocycles. The van der Waals surface area contributed by atoms with Gasteiger partial charge in [0, 0.05) is 25.5 Å². The second kappa shape index (κ2) is 6.69. The van der Waals surface area contributed by atoms with Gasteiger partial charge in [0.2, 0.25) is 5.91 Å². The Morgan fingerprint density at radius 3 is 2.80 bits per heavy atom. The largest absolute Gasteiger partial charge is 0.373 e. The highest BCUT2D eigenvalue weighted by Crippen LogP contribution is 2.69. The first-order chi connectivity index (χ1) is 12.1. The van der Waals surface area contributed by atoms with E-state index in [9.17, 15) is 4.79 Å². The Kier molecular flexibility index (Phi) is 4.54. The summed E-state index contributed by atoms with van der Waals surface area (Å²) >= 11 is 0. The van der Waals surface area contributed by atoms with Gasteiger partial charge >= 0.3 is 0 Å². The van der Waals surface area contributed by atoms with Crippen molar-refractivity contribution in [3.8, 4) is 0 Å². The summed E-state index contributed by atoms with van der Waals surface area (Å²) in [6, 6.07) is 3.98. The molecule has 2 aliphatic heterocycles. The number of carbonyl (C=O) groups excluding carboxylic acids is 1. The minimum Gasteiger partial charge on any atom is -0.373 e. The van der Waals surface area contributed by atoms with E-state index in [0.29, 0.717) is 12.5 Å². The fourth-order valence-electron chi connectivity index (χ4n) is 4.84. The molecule has 0 bridgehead atoms. The van der Waals surface area contributed by atoms with Crippen LogP contribution < -0.4 is 5.32 Å². The maximum atomic E-state index is 13.1. The fraction of sp³-hybridized carbons (Fsp3) is 0.700. The molecule has 1 saturated carbocycles. The zero-order valence-corrected chi connectivity index (χ0v) is 15.2. The van der Waals surface area contributed by atoms with Gasteiger partial charge in [0.25, 0.3) is 0 Å². The third kappa shape index (κ3) is 3.20. The number of rotatable bonds is 4. The third-order valence-electron chi connectivity index (χ3n) is 6.71. The van der Waals surface area contributed by atoms with E-state index in [2.05, 4.69) is 22.1 Å². The standard InChI is InChI=1S/C20H29N3O2/c1-19(15-20(19)6-9-21-10-7-20)18(24)23-11-4-17(5-12-23)25-14-16-3-2-8-22-13-16/h2-3,8,13,17,21H,4-7,9-12,14-15H2,1H3. The minimum atomic E-state index is -0.113. The second-order valence-corrected chi connectivity index (χ2v) is 8.20. The summed E-state index contributed by atoms with van der Waals surface area (Å²) in [5.74, 6) is 0.389. The van der Waals surface area contributed by atoms with Crippen molar-refractivity contribution in [3.05, 3.63) is 30.1 Å². The van der Waals surface area contributed by atoms with Gasteiger partial charge in [-0.05, 0) is 62.2 Å². The van der Waals surface area contributed by atoms with Gasteiger partial charge in [0.05, 0.1) is 18.1 Å². The van der Waals surface area contributed by atoms with E-state index in [-0.39, 0.29) is 16.9 Å². The molecule has 3 fully saturated rings. The highest BCUT2D eigenvalue weighted by molar-refractivity contribution is 5.87. The second-order valence-electron chi connectivity index (χ2n) is 8.20. The molecule has 25 heavy (non-hydrogen) atoms. The van der Waals surface area contributed by atoms with Crippen LogP contribution in [0.15, 0.2) is 24.5 Å². The maximum Gasteiger partial charge on any atom is 0.229 e. The number of aromatic nitrogens is 1. The van der Waals surface area contributed by atoms with Crippen molar-refractivity contribution in [2.75, 3.05) is 26.2 Å². The first-order valence-electron chi connectivity index (χ1n) is 9.64. The Bertz CT molecular complexity index is 607. The average molecular weight is 343 g/mol. The van der Waals surface area contributed by atoms with Gasteiger partial charge in [-0.25, -0.2) is 0 Å². The quantitative estimate of drug-likeness (QED) is 0.912. The lowest BCUT2D eigenvalue weighted by atomic mass is 9.84. The summed E-state index contributed by atoms with van der Waals surface area (Å²) in [5.41, 5.74) is 1.28. The molecule has 3 aliphatic rings. The molecule has 1 aliphatic carbocycles. The van der Waals surface area contributed by atoms with Crippen molar-refractivity contribution in [2.45, 2.75) is 51.7 Å². The van der Waals surface area contributed by atoms with E-state index in [1.54, 1.807) is 6.20 Å². The molecule has 0 radical (unpaired) electrons. The summed E-state index contributed by atoms with van der Waals surface area (Å²) < 4.78 is 6.02. The number of nitrogens with zero attached hydrogens (tertiary/aromatic N) is 2. The Morgan fingerprint density at radius 1 is 1.36 bits per heavy atom. The third-order valence-corrected chi connectivity index (χ3v) is 6.71. The molecule has 0 aromatic carbocycles. The molecule has 5 heteroatoms. The Hall–Kier alpha value is -1.46. The van der Waals surface area contributed by atoms with Crippen molar-refractivity contribution in [2.24, 2.45) is 10.8 Å². The molecule has 1 unspecified atom stereocenters. The topological polar surface area (TPSA) is 54.5 Å². The van der Waals surface area contributed by atoms with E-state index < -0.39 is 0 Å². The van der Waals surface area contributed by atoms with E-state index in [0.717, 1.165) is 63.8 Å². The van der Waals surface area contributed by atoms with E-state index in [1.807, 2.05) is 18.3 Å². The molecule has 4 rings (SSSR count). The van der Waals surface area contributed by atoms with Crippen LogP contribution in [-0.4, -0.2) is 48.1 Å². The minimum absolute atomic E-state index is 0.113. The van der Waals surface area contributed by atoms with Crippen LogP contribution in [0.25, 0.3) is 0 Å². The molecule has 1 amide bonds. The maximum absolute atomic E-state index is 13.1. The summed E-state index contributed by atoms with van der Waals surface area (Å²) in [6.45, 7) is 6.60. The van der Waals surface area contributed by atoms with Crippen molar-refractivity contribution in [3.63, 3.8) is 0 Å². The van der Waals surface area contributed by atoms with Crippen LogP contribution in [0.4, 0.5) is 0 Å². The van der Waals surface area contributed by atoms with Crippen molar-refractivity contribution in [1.29, 1.82) is 0 Å². The van der Waals surface area contributed by atoms with Crippen LogP contribution in [-0.2, 0) is 16.1 Å². The number of ether oxygens (including phenoxy) is 1. The molecule has 1 aromatic rings. The Morgan fingerprint density at radius 2 is 2.12 bits per heavy atom. The van der Waals surface area contributed by atoms with Crippen molar-refractivity contribution in [1.82, 2.24) is 15.2 Å². The molecule has 5 nitrogen and oxygen atoms in total. The van der Waals surface area contributed by atoms with Crippen LogP contribution in [0.2, 0.25) is 0 Å². The number of piperidine rings is 2. The number of carbonyl (C=O) groups is 1. The van der Waals surface area contributed by atoms with E-state index in [4.69, 9.17) is 4.74 Å². The predicted molar refractivity (Wildman–Crippen MR) is 95.9 cm³/mol. The predicted octanol–water partition coefficient (Wildman–Crippen LogP) is 2.37. The van der Waals surface area contributed by atoms with Crippen LogP contribution in [0.1, 0.15) is 44.6 Å². The van der Waals surface area contributed by atoms with Crippen LogP contribution in [0.5, 0.6) is 0 Å². The number of likely N-dealkylation sites (tertiary alicyclic amines) is 1. The Labute approximate surface area is 150 Å². The normalized spacial score (nSPS) is 28.9. The average Bonchev–Trinajstić information content (AvgIpc) is 3.25. The first-order valence-corrected chi connectivity index (χ1v) is 9.64. The SMILES string of the molecule is CC1(C(=O)N2CCC(OCc3cccnc3)CC2)CC12CCNCC2. The molecule has 1 spiro atoms. The zero-order chi connectivity index (χ0) is 17.3. The number of amides is 1. The number of hydrogen-bond donors (Lipinski definition) is 1. The van der Waals surface area contributed by atoms with Gasteiger partial charge in [-0.2, -0.15) is 0 Å². The van der Waals surface area contributed by atoms with Crippen LogP contribution in [0, 0.1) is 10.8 Å². The first kappa shape index (κ1) is 17.0. The van der Waals surface area contributed by atoms with Gasteiger partial charge in [0.15, 0.2) is 0 Å².